The molecule has 0 aromatic heterocycles. The van der Waals surface area contributed by atoms with Gasteiger partial charge in [0.1, 0.15) is 5.75 Å². The zero-order chi connectivity index (χ0) is 14.1. The van der Waals surface area contributed by atoms with E-state index in [1.165, 1.54) is 6.42 Å². The Morgan fingerprint density at radius 2 is 1.89 bits per heavy atom. The molecule has 1 N–H and O–H groups in total. The van der Waals surface area contributed by atoms with Crippen LogP contribution in [0.25, 0.3) is 0 Å². The van der Waals surface area contributed by atoms with Gasteiger partial charge in [-0.15, -0.1) is 0 Å². The summed E-state index contributed by atoms with van der Waals surface area (Å²) in [5.41, 5.74) is 0. The van der Waals surface area contributed by atoms with Gasteiger partial charge in [0.25, 0.3) is 0 Å². The minimum atomic E-state index is 0.704. The molecule has 0 saturated carbocycles. The number of benzene rings is 1. The van der Waals surface area contributed by atoms with E-state index in [4.69, 9.17) is 4.74 Å². The van der Waals surface area contributed by atoms with Crippen LogP contribution in [-0.2, 0) is 0 Å². The van der Waals surface area contributed by atoms with Crippen LogP contribution in [0, 0.1) is 11.8 Å². The van der Waals surface area contributed by atoms with Crippen molar-refractivity contribution in [3.05, 3.63) is 28.7 Å². The number of rotatable bonds is 9. The Bertz CT molecular complexity index is 337. The predicted molar refractivity (Wildman–Crippen MR) is 85.7 cm³/mol. The third-order valence-corrected chi connectivity index (χ3v) is 3.62. The highest BCUT2D eigenvalue weighted by molar-refractivity contribution is 9.10. The van der Waals surface area contributed by atoms with Gasteiger partial charge in [0.15, 0.2) is 0 Å². The smallest absolute Gasteiger partial charge is 0.119 e. The van der Waals surface area contributed by atoms with Gasteiger partial charge in [-0.1, -0.05) is 36.7 Å². The van der Waals surface area contributed by atoms with Gasteiger partial charge >= 0.3 is 0 Å². The predicted octanol–water partition coefficient (Wildman–Crippen LogP) is 4.49. The molecule has 0 aliphatic carbocycles. The number of nitrogens with one attached hydrogen (secondary N) is 1. The summed E-state index contributed by atoms with van der Waals surface area (Å²) in [5.74, 6) is 2.40. The maximum atomic E-state index is 5.80. The molecule has 1 rings (SSSR count). The van der Waals surface area contributed by atoms with Gasteiger partial charge in [0.05, 0.1) is 6.61 Å². The van der Waals surface area contributed by atoms with E-state index in [-0.39, 0.29) is 0 Å². The fourth-order valence-corrected chi connectivity index (χ4v) is 2.46. The lowest BCUT2D eigenvalue weighted by Gasteiger charge is -2.19. The Labute approximate surface area is 126 Å². The van der Waals surface area contributed by atoms with Crippen LogP contribution in [0.1, 0.15) is 33.6 Å². The topological polar surface area (TPSA) is 21.3 Å². The first-order valence-electron chi connectivity index (χ1n) is 7.21. The summed E-state index contributed by atoms with van der Waals surface area (Å²) in [6, 6.07) is 8.04. The van der Waals surface area contributed by atoms with E-state index in [9.17, 15) is 0 Å². The largest absolute Gasteiger partial charge is 0.494 e. The number of halogens is 1. The van der Waals surface area contributed by atoms with Gasteiger partial charge in [0, 0.05) is 4.47 Å². The fourth-order valence-electron chi connectivity index (χ4n) is 2.19. The lowest BCUT2D eigenvalue weighted by molar-refractivity contribution is 0.257. The average Bonchev–Trinajstić information content (AvgIpc) is 2.37. The normalized spacial score (nSPS) is 12.7. The highest BCUT2D eigenvalue weighted by Gasteiger charge is 2.10. The molecule has 0 spiro atoms. The lowest BCUT2D eigenvalue weighted by Crippen LogP contribution is -2.25. The molecule has 1 unspecified atom stereocenters. The van der Waals surface area contributed by atoms with Crippen LogP contribution < -0.4 is 10.1 Å². The van der Waals surface area contributed by atoms with Gasteiger partial charge in [-0.3, -0.25) is 0 Å². The molecule has 0 amide bonds. The van der Waals surface area contributed by atoms with E-state index in [1.807, 2.05) is 24.3 Å². The monoisotopic (exact) mass is 327 g/mol. The molecule has 0 aliphatic rings. The quantitative estimate of drug-likeness (QED) is 0.721. The molecule has 0 aliphatic heterocycles. The first-order valence-corrected chi connectivity index (χ1v) is 8.00. The van der Waals surface area contributed by atoms with Crippen LogP contribution in [-0.4, -0.2) is 19.7 Å². The summed E-state index contributed by atoms with van der Waals surface area (Å²) in [5, 5.41) is 3.45. The average molecular weight is 328 g/mol. The summed E-state index contributed by atoms with van der Waals surface area (Å²) in [6.45, 7) is 9.67. The molecule has 1 aromatic carbocycles. The van der Waals surface area contributed by atoms with Crippen LogP contribution in [0.15, 0.2) is 28.7 Å². The van der Waals surface area contributed by atoms with Crippen molar-refractivity contribution in [2.24, 2.45) is 11.8 Å². The van der Waals surface area contributed by atoms with E-state index in [2.05, 4.69) is 42.0 Å². The summed E-state index contributed by atoms with van der Waals surface area (Å²) < 4.78 is 6.89. The molecule has 0 bridgehead atoms. The highest BCUT2D eigenvalue weighted by atomic mass is 79.9. The van der Waals surface area contributed by atoms with Crippen LogP contribution >= 0.6 is 15.9 Å². The Balaban J connectivity index is 2.32. The zero-order valence-electron chi connectivity index (χ0n) is 12.3. The summed E-state index contributed by atoms with van der Waals surface area (Å²) in [6.07, 6.45) is 2.37. The van der Waals surface area contributed by atoms with Crippen molar-refractivity contribution in [1.82, 2.24) is 5.32 Å². The molecule has 0 fully saturated rings. The fraction of sp³-hybridized carbons (Fsp3) is 0.625. The first kappa shape index (κ1) is 16.5. The van der Waals surface area contributed by atoms with Gasteiger partial charge in [-0.05, 0) is 62.0 Å². The van der Waals surface area contributed by atoms with Crippen LogP contribution in [0.3, 0.4) is 0 Å². The second-order valence-electron chi connectivity index (χ2n) is 5.39. The summed E-state index contributed by atoms with van der Waals surface area (Å²) in [7, 11) is 0. The summed E-state index contributed by atoms with van der Waals surface area (Å²) in [4.78, 5) is 0. The molecular formula is C16H26BrNO. The van der Waals surface area contributed by atoms with E-state index < -0.39 is 0 Å². The first-order chi connectivity index (χ1) is 9.11. The Hall–Kier alpha value is -0.540. The SMILES string of the molecule is CCNCC(CCOc1ccc(Br)cc1)CC(C)C. The molecule has 2 nitrogen and oxygen atoms in total. The Morgan fingerprint density at radius 3 is 2.47 bits per heavy atom. The van der Waals surface area contributed by atoms with Crippen LogP contribution in [0.5, 0.6) is 5.75 Å². The Morgan fingerprint density at radius 1 is 1.21 bits per heavy atom. The number of hydrogen-bond donors (Lipinski definition) is 1. The minimum Gasteiger partial charge on any atom is -0.494 e. The third-order valence-electron chi connectivity index (χ3n) is 3.10. The molecule has 0 radical (unpaired) electrons. The number of hydrogen-bond acceptors (Lipinski definition) is 2. The maximum absolute atomic E-state index is 5.80. The minimum absolute atomic E-state index is 0.704. The molecule has 0 saturated heterocycles. The maximum Gasteiger partial charge on any atom is 0.119 e. The Kier molecular flexibility index (Phi) is 8.15. The standard InChI is InChI=1S/C16H26BrNO/c1-4-18-12-14(11-13(2)3)9-10-19-16-7-5-15(17)6-8-16/h5-8,13-14,18H,4,9-12H2,1-3H3. The zero-order valence-corrected chi connectivity index (χ0v) is 13.9. The van der Waals surface area contributed by atoms with E-state index in [0.717, 1.165) is 42.3 Å². The number of ether oxygens (including phenoxy) is 1. The lowest BCUT2D eigenvalue weighted by atomic mass is 9.94. The van der Waals surface area contributed by atoms with E-state index in [0.29, 0.717) is 5.92 Å². The molecule has 1 aromatic rings. The van der Waals surface area contributed by atoms with E-state index in [1.54, 1.807) is 0 Å². The molecular weight excluding hydrogens is 302 g/mol. The van der Waals surface area contributed by atoms with Gasteiger partial charge in [-0.2, -0.15) is 0 Å². The third kappa shape index (κ3) is 7.58. The molecule has 19 heavy (non-hydrogen) atoms. The second-order valence-corrected chi connectivity index (χ2v) is 6.31. The van der Waals surface area contributed by atoms with Crippen molar-refractivity contribution in [2.45, 2.75) is 33.6 Å². The van der Waals surface area contributed by atoms with Crippen molar-refractivity contribution in [3.8, 4) is 5.75 Å². The van der Waals surface area contributed by atoms with E-state index >= 15 is 0 Å². The van der Waals surface area contributed by atoms with Crippen molar-refractivity contribution < 1.29 is 4.74 Å². The second kappa shape index (κ2) is 9.38. The molecule has 0 heterocycles. The van der Waals surface area contributed by atoms with Crippen molar-refractivity contribution in [3.63, 3.8) is 0 Å². The van der Waals surface area contributed by atoms with Crippen molar-refractivity contribution in [2.75, 3.05) is 19.7 Å². The van der Waals surface area contributed by atoms with Crippen LogP contribution in [0.4, 0.5) is 0 Å². The molecule has 3 heteroatoms. The van der Waals surface area contributed by atoms with Gasteiger partial charge < -0.3 is 10.1 Å². The molecule has 1 atom stereocenters. The van der Waals surface area contributed by atoms with Crippen molar-refractivity contribution >= 4 is 15.9 Å². The molecule has 108 valence electrons. The van der Waals surface area contributed by atoms with Crippen molar-refractivity contribution in [1.29, 1.82) is 0 Å². The summed E-state index contributed by atoms with van der Waals surface area (Å²) >= 11 is 3.43. The van der Waals surface area contributed by atoms with Gasteiger partial charge in [-0.25, -0.2) is 0 Å². The van der Waals surface area contributed by atoms with Gasteiger partial charge in [0.2, 0.25) is 0 Å². The van der Waals surface area contributed by atoms with Crippen LogP contribution in [0.2, 0.25) is 0 Å². The highest BCUT2D eigenvalue weighted by Crippen LogP contribution is 2.18.